The summed E-state index contributed by atoms with van der Waals surface area (Å²) >= 11 is 18.2. The van der Waals surface area contributed by atoms with Crippen LogP contribution in [-0.4, -0.2) is 39.5 Å². The number of nitrogens with one attached hydrogen (secondary N) is 2. The smallest absolute Gasteiger partial charge is 0.424 e. The van der Waals surface area contributed by atoms with Gasteiger partial charge in [0.05, 0.1) is 27.9 Å². The third-order valence-corrected chi connectivity index (χ3v) is 6.39. The predicted molar refractivity (Wildman–Crippen MR) is 152 cm³/mol. The van der Waals surface area contributed by atoms with Crippen LogP contribution in [-0.2, 0) is 14.3 Å². The van der Waals surface area contributed by atoms with Crippen molar-refractivity contribution < 1.29 is 33.0 Å². The van der Waals surface area contributed by atoms with E-state index in [0.717, 1.165) is 18.2 Å². The monoisotopic (exact) mass is 615 g/mol. The third-order valence-electron chi connectivity index (χ3n) is 5.22. The van der Waals surface area contributed by atoms with Gasteiger partial charge in [-0.3, -0.25) is 9.59 Å². The second-order valence-electron chi connectivity index (χ2n) is 11.1. The minimum absolute atomic E-state index is 0.0139. The van der Waals surface area contributed by atoms with Crippen molar-refractivity contribution >= 4 is 75.9 Å². The van der Waals surface area contributed by atoms with Crippen LogP contribution in [0.4, 0.5) is 31.0 Å². The maximum absolute atomic E-state index is 14.3. The molecule has 2 N–H and O–H groups in total. The van der Waals surface area contributed by atoms with Crippen LogP contribution in [0.5, 0.6) is 0 Å². The summed E-state index contributed by atoms with van der Waals surface area (Å²) in [5.41, 5.74) is -2.31. The average Bonchev–Trinajstić information content (AvgIpc) is 3.42. The van der Waals surface area contributed by atoms with Crippen LogP contribution in [0.2, 0.25) is 5.02 Å². The Morgan fingerprint density at radius 1 is 0.925 bits per heavy atom. The SMILES string of the molecule is CC(C)(C)OC(=O)N(C(=O)OC(C)(C)C)c1ccc(F)cc1NC(=O)c1cc(NC(=O)C2CC2(Cl)Cl)ccc1Cl. The van der Waals surface area contributed by atoms with Crippen LogP contribution < -0.4 is 15.5 Å². The summed E-state index contributed by atoms with van der Waals surface area (Å²) in [7, 11) is 0. The Bertz CT molecular complexity index is 1330. The molecule has 0 aliphatic heterocycles. The van der Waals surface area contributed by atoms with Gasteiger partial charge >= 0.3 is 12.2 Å². The fraction of sp³-hybridized carbons (Fsp3) is 0.407. The average molecular weight is 617 g/mol. The molecule has 0 saturated heterocycles. The first kappa shape index (κ1) is 31.4. The molecule has 0 spiro atoms. The van der Waals surface area contributed by atoms with Crippen molar-refractivity contribution in [3.8, 4) is 0 Å². The molecular weight excluding hydrogens is 588 g/mol. The number of imide groups is 1. The van der Waals surface area contributed by atoms with Gasteiger partial charge in [-0.15, -0.1) is 23.2 Å². The molecule has 1 aliphatic rings. The maximum atomic E-state index is 14.3. The van der Waals surface area contributed by atoms with Crippen molar-refractivity contribution in [3.05, 3.63) is 52.8 Å². The zero-order valence-corrected chi connectivity index (χ0v) is 24.9. The molecule has 0 bridgehead atoms. The van der Waals surface area contributed by atoms with E-state index < -0.39 is 51.3 Å². The lowest BCUT2D eigenvalue weighted by Gasteiger charge is -2.29. The number of alkyl halides is 2. The Morgan fingerprint density at radius 3 is 1.98 bits per heavy atom. The van der Waals surface area contributed by atoms with Crippen molar-refractivity contribution in [1.29, 1.82) is 0 Å². The van der Waals surface area contributed by atoms with Crippen LogP contribution in [0.25, 0.3) is 0 Å². The number of amides is 4. The molecule has 3 rings (SSSR count). The molecule has 1 aliphatic carbocycles. The number of hydrogen-bond acceptors (Lipinski definition) is 6. The van der Waals surface area contributed by atoms with Gasteiger partial charge in [0.1, 0.15) is 21.4 Å². The second-order valence-corrected chi connectivity index (χ2v) is 13.1. The highest BCUT2D eigenvalue weighted by Crippen LogP contribution is 2.53. The Labute approximate surface area is 246 Å². The maximum Gasteiger partial charge on any atom is 0.424 e. The lowest BCUT2D eigenvalue weighted by molar-refractivity contribution is -0.117. The van der Waals surface area contributed by atoms with Gasteiger partial charge in [-0.2, -0.15) is 4.90 Å². The molecule has 40 heavy (non-hydrogen) atoms. The predicted octanol–water partition coefficient (Wildman–Crippen LogP) is 7.54. The first-order valence-electron chi connectivity index (χ1n) is 12.1. The van der Waals surface area contributed by atoms with E-state index in [1.165, 1.54) is 18.2 Å². The minimum Gasteiger partial charge on any atom is -0.443 e. The summed E-state index contributed by atoms with van der Waals surface area (Å²) in [5, 5.41) is 5.11. The number of nitrogens with zero attached hydrogens (tertiary/aromatic N) is 1. The van der Waals surface area contributed by atoms with E-state index in [1.54, 1.807) is 41.5 Å². The molecule has 0 heterocycles. The zero-order chi connectivity index (χ0) is 30.2. The molecule has 4 amide bonds. The van der Waals surface area contributed by atoms with E-state index in [9.17, 15) is 23.6 Å². The minimum atomic E-state index is -1.14. The van der Waals surface area contributed by atoms with Crippen molar-refractivity contribution in [2.75, 3.05) is 15.5 Å². The standard InChI is InChI=1S/C27H29Cl3FN3O6/c1-25(2,3)39-23(37)34(24(38)40-26(4,5)6)20-10-7-14(31)11-19(20)33-21(35)16-12-15(8-9-18(16)28)32-22(36)17-13-27(17,29)30/h7-12,17H,13H2,1-6H3,(H,32,36)(H,33,35). The van der Waals surface area contributed by atoms with Gasteiger partial charge in [0.2, 0.25) is 5.91 Å². The van der Waals surface area contributed by atoms with E-state index in [0.29, 0.717) is 4.90 Å². The first-order chi connectivity index (χ1) is 18.3. The van der Waals surface area contributed by atoms with E-state index >= 15 is 0 Å². The number of halogens is 4. The zero-order valence-electron chi connectivity index (χ0n) is 22.7. The lowest BCUT2D eigenvalue weighted by atomic mass is 10.1. The Morgan fingerprint density at radius 2 is 1.48 bits per heavy atom. The van der Waals surface area contributed by atoms with E-state index in [1.807, 2.05) is 0 Å². The van der Waals surface area contributed by atoms with Crippen LogP contribution in [0.15, 0.2) is 36.4 Å². The molecule has 0 radical (unpaired) electrons. The fourth-order valence-corrected chi connectivity index (χ4v) is 4.09. The molecule has 216 valence electrons. The van der Waals surface area contributed by atoms with Crippen LogP contribution in [0, 0.1) is 11.7 Å². The Kier molecular flexibility index (Phi) is 8.98. The highest BCUT2D eigenvalue weighted by Gasteiger charge is 2.56. The van der Waals surface area contributed by atoms with Gasteiger partial charge in [-0.1, -0.05) is 11.6 Å². The number of ether oxygens (including phenoxy) is 2. The van der Waals surface area contributed by atoms with Crippen molar-refractivity contribution in [2.24, 2.45) is 5.92 Å². The van der Waals surface area contributed by atoms with E-state index in [-0.39, 0.29) is 34.1 Å². The molecule has 1 unspecified atom stereocenters. The molecule has 0 aromatic heterocycles. The quantitative estimate of drug-likeness (QED) is 0.336. The molecular formula is C27H29Cl3FN3O6. The van der Waals surface area contributed by atoms with Crippen LogP contribution in [0.3, 0.4) is 0 Å². The molecule has 13 heteroatoms. The fourth-order valence-electron chi connectivity index (χ4n) is 3.38. The molecule has 1 fully saturated rings. The van der Waals surface area contributed by atoms with Crippen molar-refractivity contribution in [3.63, 3.8) is 0 Å². The number of carbonyl (C=O) groups excluding carboxylic acids is 4. The Balaban J connectivity index is 1.95. The van der Waals surface area contributed by atoms with Gasteiger partial charge in [0.15, 0.2) is 0 Å². The summed E-state index contributed by atoms with van der Waals surface area (Å²) in [4.78, 5) is 52.4. The number of carbonyl (C=O) groups is 4. The highest BCUT2D eigenvalue weighted by molar-refractivity contribution is 6.52. The topological polar surface area (TPSA) is 114 Å². The highest BCUT2D eigenvalue weighted by atomic mass is 35.5. The normalized spacial score (nSPS) is 16.0. The van der Waals surface area contributed by atoms with Crippen LogP contribution in [0.1, 0.15) is 58.3 Å². The summed E-state index contributed by atoms with van der Waals surface area (Å²) in [6.45, 7) is 9.60. The van der Waals surface area contributed by atoms with Crippen LogP contribution >= 0.6 is 34.8 Å². The van der Waals surface area contributed by atoms with E-state index in [4.69, 9.17) is 44.3 Å². The summed E-state index contributed by atoms with van der Waals surface area (Å²) < 4.78 is 24.0. The number of rotatable bonds is 5. The van der Waals surface area contributed by atoms with Gasteiger partial charge in [0, 0.05) is 5.69 Å². The molecule has 2 aromatic carbocycles. The first-order valence-corrected chi connectivity index (χ1v) is 13.3. The largest absolute Gasteiger partial charge is 0.443 e. The van der Waals surface area contributed by atoms with Gasteiger partial charge in [0.25, 0.3) is 5.91 Å². The summed E-state index contributed by atoms with van der Waals surface area (Å²) in [6, 6.07) is 7.21. The molecule has 1 saturated carbocycles. The Hall–Kier alpha value is -3.08. The number of anilines is 3. The summed E-state index contributed by atoms with van der Waals surface area (Å²) in [5.74, 6) is -2.63. The van der Waals surface area contributed by atoms with Gasteiger partial charge in [-0.25, -0.2) is 14.0 Å². The van der Waals surface area contributed by atoms with E-state index in [2.05, 4.69) is 10.6 Å². The summed E-state index contributed by atoms with van der Waals surface area (Å²) in [6.07, 6.45) is -1.93. The molecule has 2 aromatic rings. The third kappa shape index (κ3) is 8.22. The molecule has 9 nitrogen and oxygen atoms in total. The second kappa shape index (κ2) is 11.4. The molecule has 1 atom stereocenters. The van der Waals surface area contributed by atoms with Gasteiger partial charge < -0.3 is 20.1 Å². The van der Waals surface area contributed by atoms with Crippen molar-refractivity contribution in [1.82, 2.24) is 0 Å². The van der Waals surface area contributed by atoms with Crippen molar-refractivity contribution in [2.45, 2.75) is 63.5 Å². The number of hydrogen-bond donors (Lipinski definition) is 2. The lowest BCUT2D eigenvalue weighted by Crippen LogP contribution is -2.44. The number of benzene rings is 2. The van der Waals surface area contributed by atoms with Gasteiger partial charge in [-0.05, 0) is 84.4 Å².